The molecule has 0 heterocycles. The van der Waals surface area contributed by atoms with Crippen LogP contribution in [0.2, 0.25) is 0 Å². The van der Waals surface area contributed by atoms with E-state index in [-0.39, 0.29) is 7.92 Å². The fourth-order valence-electron chi connectivity index (χ4n) is 4.52. The van der Waals surface area contributed by atoms with Crippen molar-refractivity contribution in [2.75, 3.05) is 0 Å². The molecule has 4 aromatic rings. The molecule has 30 heavy (non-hydrogen) atoms. The van der Waals surface area contributed by atoms with E-state index >= 15 is 0 Å². The lowest BCUT2D eigenvalue weighted by Gasteiger charge is -2.30. The molecule has 0 saturated heterocycles. The lowest BCUT2D eigenvalue weighted by Crippen LogP contribution is -2.26. The summed E-state index contributed by atoms with van der Waals surface area (Å²) in [6, 6.07) is 44.8. The monoisotopic (exact) mass is 424 g/mol. The van der Waals surface area contributed by atoms with Gasteiger partial charge in [-0.15, -0.1) is 0 Å². The molecule has 148 valence electrons. The molecule has 1 fully saturated rings. The maximum atomic E-state index is 2.55. The summed E-state index contributed by atoms with van der Waals surface area (Å²) in [5.74, 6) is 0. The second-order valence-electron chi connectivity index (χ2n) is 8.12. The maximum Gasteiger partial charge on any atom is 0.00377 e. The van der Waals surface area contributed by atoms with Gasteiger partial charge in [0.05, 0.1) is 0 Å². The number of hydrogen-bond donors (Lipinski definition) is 0. The van der Waals surface area contributed by atoms with Crippen LogP contribution in [0.1, 0.15) is 13.3 Å². The smallest absolute Gasteiger partial charge is 0.00377 e. The van der Waals surface area contributed by atoms with Crippen molar-refractivity contribution < 1.29 is 0 Å². The molecule has 0 bridgehead atoms. The molecule has 0 spiro atoms. The Morgan fingerprint density at radius 2 is 0.867 bits per heavy atom. The average Bonchev–Trinajstić information content (AvgIpc) is 3.48. The topological polar surface area (TPSA) is 0 Å². The average molecular weight is 424 g/mol. The summed E-state index contributed by atoms with van der Waals surface area (Å²) in [6.45, 7) is 2.55. The van der Waals surface area contributed by atoms with Crippen molar-refractivity contribution >= 4 is 37.1 Å². The Kier molecular flexibility index (Phi) is 5.56. The van der Waals surface area contributed by atoms with Gasteiger partial charge in [0, 0.05) is 5.16 Å². The van der Waals surface area contributed by atoms with E-state index in [1.54, 1.807) is 0 Å². The third kappa shape index (κ3) is 3.76. The van der Waals surface area contributed by atoms with E-state index in [1.165, 1.54) is 27.6 Å². The highest BCUT2D eigenvalue weighted by atomic mass is 31.1. The molecule has 0 N–H and O–H groups in total. The Hall–Kier alpha value is -2.26. The summed E-state index contributed by atoms with van der Waals surface area (Å²) in [5, 5.41) is 6.32. The van der Waals surface area contributed by atoms with E-state index in [9.17, 15) is 0 Å². The van der Waals surface area contributed by atoms with Crippen LogP contribution in [0.4, 0.5) is 0 Å². The zero-order chi connectivity index (χ0) is 20.4. The van der Waals surface area contributed by atoms with Crippen LogP contribution < -0.4 is 21.2 Å². The molecule has 1 aliphatic rings. The molecule has 2 atom stereocenters. The van der Waals surface area contributed by atoms with Crippen LogP contribution in [-0.4, -0.2) is 10.8 Å². The Morgan fingerprint density at radius 3 is 1.23 bits per heavy atom. The van der Waals surface area contributed by atoms with E-state index in [0.29, 0.717) is 10.8 Å². The van der Waals surface area contributed by atoms with E-state index in [0.717, 1.165) is 0 Å². The minimum absolute atomic E-state index is 0.315. The van der Waals surface area contributed by atoms with Crippen molar-refractivity contribution in [3.8, 4) is 0 Å². The molecule has 0 unspecified atom stereocenters. The first kappa shape index (κ1) is 19.7. The predicted octanol–water partition coefficient (Wildman–Crippen LogP) is 5.78. The van der Waals surface area contributed by atoms with Gasteiger partial charge in [-0.2, -0.15) is 0 Å². The third-order valence-electron chi connectivity index (χ3n) is 6.08. The second-order valence-corrected chi connectivity index (χ2v) is 13.2. The Balaban J connectivity index is 1.58. The molecule has 0 nitrogen and oxygen atoms in total. The SMILES string of the molecule is C[C@@]1(P(c2ccccc2)c2ccccc2)C[C@@H]1P(c1ccccc1)c1ccccc1. The van der Waals surface area contributed by atoms with Gasteiger partial charge in [-0.1, -0.05) is 128 Å². The van der Waals surface area contributed by atoms with Gasteiger partial charge < -0.3 is 0 Å². The zero-order valence-electron chi connectivity index (χ0n) is 17.2. The molecule has 0 aromatic heterocycles. The van der Waals surface area contributed by atoms with Crippen LogP contribution in [0.25, 0.3) is 0 Å². The van der Waals surface area contributed by atoms with Gasteiger partial charge in [-0.05, 0) is 49.1 Å². The first-order valence-corrected chi connectivity index (χ1v) is 13.3. The molecule has 1 aliphatic carbocycles. The van der Waals surface area contributed by atoms with E-state index in [1.807, 2.05) is 0 Å². The molecular formula is C28H26P2. The van der Waals surface area contributed by atoms with Crippen LogP contribution in [-0.2, 0) is 0 Å². The molecule has 2 heteroatoms. The van der Waals surface area contributed by atoms with E-state index in [2.05, 4.69) is 128 Å². The third-order valence-corrected chi connectivity index (χ3v) is 12.5. The second kappa shape index (κ2) is 8.47. The largest absolute Gasteiger partial charge is 0.0622 e. The van der Waals surface area contributed by atoms with Crippen molar-refractivity contribution in [3.63, 3.8) is 0 Å². The summed E-state index contributed by atoms with van der Waals surface area (Å²) < 4.78 is 0. The van der Waals surface area contributed by atoms with Crippen molar-refractivity contribution in [1.82, 2.24) is 0 Å². The summed E-state index contributed by atoms with van der Waals surface area (Å²) >= 11 is 0. The normalized spacial score (nSPS) is 20.4. The van der Waals surface area contributed by atoms with Gasteiger partial charge in [-0.25, -0.2) is 0 Å². The number of hydrogen-bond acceptors (Lipinski definition) is 0. The summed E-state index contributed by atoms with van der Waals surface area (Å²) in [7, 11) is -0.801. The van der Waals surface area contributed by atoms with Gasteiger partial charge in [0.2, 0.25) is 0 Å². The fourth-order valence-corrected chi connectivity index (χ4v) is 11.6. The Morgan fingerprint density at radius 1 is 0.533 bits per heavy atom. The molecule has 1 saturated carbocycles. The molecule has 0 aliphatic heterocycles. The summed E-state index contributed by atoms with van der Waals surface area (Å²) in [4.78, 5) is 0. The van der Waals surface area contributed by atoms with E-state index < -0.39 is 7.92 Å². The maximum absolute atomic E-state index is 2.55. The minimum Gasteiger partial charge on any atom is -0.0622 e. The van der Waals surface area contributed by atoms with Crippen molar-refractivity contribution in [1.29, 1.82) is 0 Å². The van der Waals surface area contributed by atoms with Crippen molar-refractivity contribution in [2.24, 2.45) is 0 Å². The molecule has 4 aromatic carbocycles. The first-order chi connectivity index (χ1) is 14.8. The highest BCUT2D eigenvalue weighted by molar-refractivity contribution is 7.79. The van der Waals surface area contributed by atoms with Crippen molar-refractivity contribution in [3.05, 3.63) is 121 Å². The van der Waals surface area contributed by atoms with Crippen molar-refractivity contribution in [2.45, 2.75) is 24.2 Å². The highest BCUT2D eigenvalue weighted by Gasteiger charge is 2.59. The van der Waals surface area contributed by atoms with Gasteiger partial charge in [0.25, 0.3) is 0 Å². The van der Waals surface area contributed by atoms with Crippen LogP contribution in [0.5, 0.6) is 0 Å². The predicted molar refractivity (Wildman–Crippen MR) is 135 cm³/mol. The van der Waals surface area contributed by atoms with E-state index in [4.69, 9.17) is 0 Å². The number of benzene rings is 4. The zero-order valence-corrected chi connectivity index (χ0v) is 19.0. The quantitative estimate of drug-likeness (QED) is 0.344. The van der Waals surface area contributed by atoms with Crippen LogP contribution in [0.15, 0.2) is 121 Å². The van der Waals surface area contributed by atoms with Gasteiger partial charge in [0.15, 0.2) is 0 Å². The van der Waals surface area contributed by atoms with Crippen LogP contribution in [0.3, 0.4) is 0 Å². The first-order valence-electron chi connectivity index (χ1n) is 10.6. The highest BCUT2D eigenvalue weighted by Crippen LogP contribution is 2.71. The minimum atomic E-state index is -0.417. The van der Waals surface area contributed by atoms with Gasteiger partial charge >= 0.3 is 0 Å². The molecule has 5 rings (SSSR count). The fraction of sp³-hybridized carbons (Fsp3) is 0.143. The van der Waals surface area contributed by atoms with Gasteiger partial charge in [-0.3, -0.25) is 0 Å². The summed E-state index contributed by atoms with van der Waals surface area (Å²) in [6.07, 6.45) is 1.29. The molecule has 0 amide bonds. The molecular weight excluding hydrogens is 398 g/mol. The molecule has 0 radical (unpaired) electrons. The summed E-state index contributed by atoms with van der Waals surface area (Å²) in [5.41, 5.74) is 0.698. The number of rotatable bonds is 6. The van der Waals surface area contributed by atoms with Crippen LogP contribution >= 0.6 is 15.8 Å². The van der Waals surface area contributed by atoms with Crippen LogP contribution in [0, 0.1) is 0 Å². The Labute approximate surface area is 182 Å². The Bertz CT molecular complexity index is 1000. The standard InChI is InChI=1S/C28H26P2/c1-28(30(25-18-10-4-11-19-25)26-20-12-5-13-21-26)22-27(28)29(23-14-6-2-7-15-23)24-16-8-3-9-17-24/h2-21,27H,22H2,1H3/t27-,28+/m0/s1. The van der Waals surface area contributed by atoms with Gasteiger partial charge in [0.1, 0.15) is 0 Å². The lowest BCUT2D eigenvalue weighted by molar-refractivity contribution is 1.04. The lowest BCUT2D eigenvalue weighted by atomic mass is 10.4.